The molecule has 1 aromatic heterocycles. The zero-order chi connectivity index (χ0) is 14.0. The lowest BCUT2D eigenvalue weighted by atomic mass is 10.3. The van der Waals surface area contributed by atoms with E-state index in [1.807, 2.05) is 0 Å². The predicted octanol–water partition coefficient (Wildman–Crippen LogP) is 2.47. The van der Waals surface area contributed by atoms with Crippen LogP contribution >= 0.6 is 15.9 Å². The minimum atomic E-state index is -0.745. The van der Waals surface area contributed by atoms with Gasteiger partial charge in [0.05, 0.1) is 11.8 Å². The Labute approximate surface area is 114 Å². The summed E-state index contributed by atoms with van der Waals surface area (Å²) in [5.41, 5.74) is -0.243. The van der Waals surface area contributed by atoms with Gasteiger partial charge in [0.2, 0.25) is 0 Å². The molecule has 98 valence electrons. The van der Waals surface area contributed by atoms with Gasteiger partial charge >= 0.3 is 5.82 Å². The number of aromatic nitrogens is 2. The van der Waals surface area contributed by atoms with Gasteiger partial charge in [-0.3, -0.25) is 4.79 Å². The largest absolute Gasteiger partial charge is 0.358 e. The topological polar surface area (TPSA) is 101 Å². The molecule has 9 heteroatoms. The summed E-state index contributed by atoms with van der Waals surface area (Å²) in [4.78, 5) is 21.4. The lowest BCUT2D eigenvalue weighted by molar-refractivity contribution is -0.389. The van der Waals surface area contributed by atoms with Gasteiger partial charge in [-0.1, -0.05) is 21.0 Å². The number of H-pyrrole nitrogens is 1. The van der Waals surface area contributed by atoms with Crippen LogP contribution in [0.25, 0.3) is 0 Å². The predicted molar refractivity (Wildman–Crippen MR) is 67.3 cm³/mol. The van der Waals surface area contributed by atoms with E-state index in [4.69, 9.17) is 0 Å². The summed E-state index contributed by atoms with van der Waals surface area (Å²) >= 11 is 3.08. The Morgan fingerprint density at radius 1 is 1.47 bits per heavy atom. The molecule has 2 aromatic rings. The molecule has 0 saturated heterocycles. The van der Waals surface area contributed by atoms with Gasteiger partial charge in [0.1, 0.15) is 5.82 Å². The first-order valence-corrected chi connectivity index (χ1v) is 5.73. The monoisotopic (exact) mass is 328 g/mol. The SMILES string of the molecule is O=C(Nc1ccc(Br)cc1F)c1cc([N+](=O)[O-])[nH]n1. The van der Waals surface area contributed by atoms with Crippen molar-refractivity contribution in [2.24, 2.45) is 0 Å². The zero-order valence-corrected chi connectivity index (χ0v) is 10.8. The molecule has 0 spiro atoms. The molecule has 0 fully saturated rings. The minimum absolute atomic E-state index is 0.0427. The Bertz CT molecular complexity index is 658. The fourth-order valence-electron chi connectivity index (χ4n) is 1.30. The van der Waals surface area contributed by atoms with Crippen molar-refractivity contribution in [1.29, 1.82) is 0 Å². The average molecular weight is 329 g/mol. The van der Waals surface area contributed by atoms with E-state index in [-0.39, 0.29) is 11.4 Å². The first kappa shape index (κ1) is 13.1. The quantitative estimate of drug-likeness (QED) is 0.667. The van der Waals surface area contributed by atoms with E-state index >= 15 is 0 Å². The van der Waals surface area contributed by atoms with Gasteiger partial charge in [-0.2, -0.15) is 0 Å². The van der Waals surface area contributed by atoms with E-state index in [9.17, 15) is 19.3 Å². The first-order valence-electron chi connectivity index (χ1n) is 4.93. The maximum Gasteiger partial charge on any atom is 0.343 e. The van der Waals surface area contributed by atoms with Crippen LogP contribution in [0.2, 0.25) is 0 Å². The van der Waals surface area contributed by atoms with Gasteiger partial charge in [0, 0.05) is 4.47 Å². The molecule has 1 amide bonds. The molecule has 0 saturated carbocycles. The van der Waals surface area contributed by atoms with Gasteiger partial charge in [0.15, 0.2) is 5.69 Å². The summed E-state index contributed by atoms with van der Waals surface area (Å²) < 4.78 is 14.0. The Morgan fingerprint density at radius 2 is 2.21 bits per heavy atom. The minimum Gasteiger partial charge on any atom is -0.358 e. The summed E-state index contributed by atoms with van der Waals surface area (Å²) in [6.45, 7) is 0. The first-order chi connectivity index (χ1) is 8.97. The molecule has 0 aliphatic rings. The van der Waals surface area contributed by atoms with E-state index in [1.165, 1.54) is 12.1 Å². The summed E-state index contributed by atoms with van der Waals surface area (Å²) in [6, 6.07) is 5.05. The molecule has 0 bridgehead atoms. The fraction of sp³-hybridized carbons (Fsp3) is 0. The summed E-state index contributed by atoms with van der Waals surface area (Å²) in [5, 5.41) is 18.2. The van der Waals surface area contributed by atoms with Crippen LogP contribution in [-0.2, 0) is 0 Å². The van der Waals surface area contributed by atoms with E-state index in [2.05, 4.69) is 31.4 Å². The van der Waals surface area contributed by atoms with Crippen molar-refractivity contribution in [2.75, 3.05) is 5.32 Å². The number of nitrogens with zero attached hydrogens (tertiary/aromatic N) is 2. The molecule has 2 rings (SSSR count). The number of rotatable bonds is 3. The van der Waals surface area contributed by atoms with Crippen molar-refractivity contribution in [3.05, 3.63) is 50.4 Å². The molecule has 0 aliphatic heterocycles. The highest BCUT2D eigenvalue weighted by molar-refractivity contribution is 9.10. The number of nitrogens with one attached hydrogen (secondary N) is 2. The maximum absolute atomic E-state index is 13.5. The standard InChI is InChI=1S/C10H6BrFN4O3/c11-5-1-2-7(6(12)3-5)13-10(17)8-4-9(15-14-8)16(18)19/h1-4H,(H,13,17)(H,14,15). The van der Waals surface area contributed by atoms with Gasteiger partial charge < -0.3 is 15.4 Å². The van der Waals surface area contributed by atoms with Crippen LogP contribution in [0.4, 0.5) is 15.9 Å². The third-order valence-corrected chi connectivity index (χ3v) is 2.67. The number of halogens is 2. The van der Waals surface area contributed by atoms with E-state index < -0.39 is 22.5 Å². The smallest absolute Gasteiger partial charge is 0.343 e. The highest BCUT2D eigenvalue weighted by atomic mass is 79.9. The summed E-state index contributed by atoms with van der Waals surface area (Å²) in [7, 11) is 0. The molecule has 0 atom stereocenters. The van der Waals surface area contributed by atoms with Crippen LogP contribution in [0, 0.1) is 15.9 Å². The number of carbonyl (C=O) groups is 1. The number of benzene rings is 1. The van der Waals surface area contributed by atoms with Gasteiger partial charge in [-0.25, -0.2) is 4.39 Å². The molecule has 0 aliphatic carbocycles. The Morgan fingerprint density at radius 3 is 2.79 bits per heavy atom. The van der Waals surface area contributed by atoms with E-state index in [1.54, 1.807) is 6.07 Å². The zero-order valence-electron chi connectivity index (χ0n) is 9.18. The number of hydrogen-bond acceptors (Lipinski definition) is 4. The Kier molecular flexibility index (Phi) is 3.56. The number of nitro groups is 1. The second kappa shape index (κ2) is 5.14. The highest BCUT2D eigenvalue weighted by Gasteiger charge is 2.17. The van der Waals surface area contributed by atoms with Crippen LogP contribution in [0.5, 0.6) is 0 Å². The van der Waals surface area contributed by atoms with Crippen LogP contribution in [0.15, 0.2) is 28.7 Å². The normalized spacial score (nSPS) is 10.2. The molecule has 1 aromatic carbocycles. The van der Waals surface area contributed by atoms with Gasteiger partial charge in [0.25, 0.3) is 5.91 Å². The Hall–Kier alpha value is -2.29. The van der Waals surface area contributed by atoms with Crippen molar-refractivity contribution >= 4 is 33.3 Å². The van der Waals surface area contributed by atoms with Crippen LogP contribution < -0.4 is 5.32 Å². The van der Waals surface area contributed by atoms with Crippen molar-refractivity contribution in [2.45, 2.75) is 0 Å². The molecule has 0 radical (unpaired) electrons. The van der Waals surface area contributed by atoms with Crippen LogP contribution in [-0.4, -0.2) is 21.0 Å². The molecule has 2 N–H and O–H groups in total. The summed E-state index contributed by atoms with van der Waals surface area (Å²) in [5.74, 6) is -1.79. The highest BCUT2D eigenvalue weighted by Crippen LogP contribution is 2.20. The van der Waals surface area contributed by atoms with E-state index in [0.29, 0.717) is 4.47 Å². The average Bonchev–Trinajstić information content (AvgIpc) is 2.82. The number of anilines is 1. The molecular weight excluding hydrogens is 323 g/mol. The third kappa shape index (κ3) is 2.94. The van der Waals surface area contributed by atoms with Gasteiger partial charge in [-0.05, 0) is 23.1 Å². The maximum atomic E-state index is 13.5. The molecule has 1 heterocycles. The third-order valence-electron chi connectivity index (χ3n) is 2.17. The molecule has 7 nitrogen and oxygen atoms in total. The fourth-order valence-corrected chi connectivity index (χ4v) is 1.63. The molecule has 19 heavy (non-hydrogen) atoms. The van der Waals surface area contributed by atoms with Crippen molar-refractivity contribution in [3.63, 3.8) is 0 Å². The Balaban J connectivity index is 2.18. The second-order valence-corrected chi connectivity index (χ2v) is 4.39. The lowest BCUT2D eigenvalue weighted by Crippen LogP contribution is -2.13. The second-order valence-electron chi connectivity index (χ2n) is 3.47. The molecule has 0 unspecified atom stereocenters. The number of aromatic amines is 1. The van der Waals surface area contributed by atoms with Crippen molar-refractivity contribution in [1.82, 2.24) is 10.2 Å². The van der Waals surface area contributed by atoms with Crippen LogP contribution in [0.3, 0.4) is 0 Å². The molecular formula is C10H6BrFN4O3. The number of carbonyl (C=O) groups excluding carboxylic acids is 1. The summed E-state index contributed by atoms with van der Waals surface area (Å²) in [6.07, 6.45) is 0. The lowest BCUT2D eigenvalue weighted by Gasteiger charge is -2.04. The van der Waals surface area contributed by atoms with Crippen molar-refractivity contribution in [3.8, 4) is 0 Å². The van der Waals surface area contributed by atoms with Crippen LogP contribution in [0.1, 0.15) is 10.5 Å². The number of hydrogen-bond donors (Lipinski definition) is 2. The van der Waals surface area contributed by atoms with Crippen molar-refractivity contribution < 1.29 is 14.1 Å². The number of amides is 1. The van der Waals surface area contributed by atoms with Gasteiger partial charge in [-0.15, -0.1) is 5.10 Å². The van der Waals surface area contributed by atoms with E-state index in [0.717, 1.165) is 6.07 Å².